The van der Waals surface area contributed by atoms with E-state index in [1.807, 2.05) is 6.07 Å². The van der Waals surface area contributed by atoms with Crippen LogP contribution in [0.25, 0.3) is 0 Å². The highest BCUT2D eigenvalue weighted by molar-refractivity contribution is 6.01. The summed E-state index contributed by atoms with van der Waals surface area (Å²) in [4.78, 5) is 37.1. The number of aryl methyl sites for hydroxylation is 1. The summed E-state index contributed by atoms with van der Waals surface area (Å²) < 4.78 is 0. The maximum absolute atomic E-state index is 12.9. The summed E-state index contributed by atoms with van der Waals surface area (Å²) in [7, 11) is 0. The van der Waals surface area contributed by atoms with E-state index < -0.39 is 6.04 Å². The van der Waals surface area contributed by atoms with E-state index in [1.165, 1.54) is 5.56 Å². The fraction of sp³-hybridized carbons (Fsp3) is 0.458. The molecular formula is C24H29N5O2. The number of allylic oxidation sites excluding steroid dienone is 1. The number of carbonyl (C=O) groups is 2. The smallest absolute Gasteiger partial charge is 0.255 e. The third-order valence-electron chi connectivity index (χ3n) is 7.03. The van der Waals surface area contributed by atoms with Gasteiger partial charge in [-0.15, -0.1) is 0 Å². The van der Waals surface area contributed by atoms with Crippen molar-refractivity contribution in [3.05, 3.63) is 64.9 Å². The van der Waals surface area contributed by atoms with Crippen LogP contribution in [0.15, 0.2) is 36.8 Å². The molecule has 2 N–H and O–H groups in total. The highest BCUT2D eigenvalue weighted by Crippen LogP contribution is 2.34. The van der Waals surface area contributed by atoms with Crippen LogP contribution in [0.5, 0.6) is 0 Å². The van der Waals surface area contributed by atoms with Gasteiger partial charge in [0.2, 0.25) is 5.91 Å². The molecule has 1 atom stereocenters. The molecule has 3 aliphatic heterocycles. The number of rotatable bonds is 4. The molecule has 4 heterocycles. The third-order valence-corrected chi connectivity index (χ3v) is 7.03. The van der Waals surface area contributed by atoms with Crippen LogP contribution in [0.3, 0.4) is 0 Å². The first kappa shape index (κ1) is 20.0. The number of H-pyrrole nitrogens is 1. The number of nitrogens with zero attached hydrogens (tertiary/aromatic N) is 3. The Morgan fingerprint density at radius 3 is 2.71 bits per heavy atom. The lowest BCUT2D eigenvalue weighted by Gasteiger charge is -2.32. The fourth-order valence-electron chi connectivity index (χ4n) is 5.11. The van der Waals surface area contributed by atoms with Gasteiger partial charge in [-0.25, -0.2) is 4.98 Å². The summed E-state index contributed by atoms with van der Waals surface area (Å²) in [6.45, 7) is 9.41. The number of nitrogens with one attached hydrogen (secondary N) is 2. The van der Waals surface area contributed by atoms with Gasteiger partial charge >= 0.3 is 0 Å². The summed E-state index contributed by atoms with van der Waals surface area (Å²) in [6.07, 6.45) is 5.34. The van der Waals surface area contributed by atoms with Crippen LogP contribution < -0.4 is 5.32 Å². The Morgan fingerprint density at radius 1 is 1.19 bits per heavy atom. The third kappa shape index (κ3) is 3.78. The molecule has 7 heteroatoms. The van der Waals surface area contributed by atoms with Crippen molar-refractivity contribution >= 4 is 11.8 Å². The number of hydrogen-bond acceptors (Lipinski definition) is 4. The molecule has 3 aliphatic rings. The standard InChI is InChI=1S/C24H29N5O2/c1-15-3-6-22(23(30)27-15)29-12-19-11-18(4-5-20(19)24(29)31)17-7-9-28(10-8-17)13-21-16(2)25-14-26-21/h4-5,11,14,17,22H,1,3,6-10,12-13H2,2H3,(H,25,26)(H,27,30). The van der Waals surface area contributed by atoms with Crippen molar-refractivity contribution in [1.29, 1.82) is 0 Å². The molecular weight excluding hydrogens is 390 g/mol. The second-order valence-electron chi connectivity index (χ2n) is 9.02. The first-order valence-electron chi connectivity index (χ1n) is 11.1. The number of likely N-dealkylation sites (tertiary alicyclic amines) is 1. The molecule has 1 aromatic carbocycles. The van der Waals surface area contributed by atoms with Crippen LogP contribution in [-0.2, 0) is 17.9 Å². The van der Waals surface area contributed by atoms with Crippen molar-refractivity contribution in [2.45, 2.75) is 57.7 Å². The Morgan fingerprint density at radius 2 is 2.00 bits per heavy atom. The molecule has 2 aromatic rings. The Hall–Kier alpha value is -2.93. The van der Waals surface area contributed by atoms with Gasteiger partial charge in [0.1, 0.15) is 6.04 Å². The van der Waals surface area contributed by atoms with E-state index in [4.69, 9.17) is 0 Å². The van der Waals surface area contributed by atoms with Gasteiger partial charge in [-0.1, -0.05) is 18.7 Å². The number of fused-ring (bicyclic) bond motifs is 1. The van der Waals surface area contributed by atoms with Crippen LogP contribution in [0.2, 0.25) is 0 Å². The lowest BCUT2D eigenvalue weighted by molar-refractivity contribution is -0.126. The molecule has 31 heavy (non-hydrogen) atoms. The normalized spacial score (nSPS) is 22.7. The Balaban J connectivity index is 1.24. The number of hydrogen-bond donors (Lipinski definition) is 2. The maximum atomic E-state index is 12.9. The van der Waals surface area contributed by atoms with Crippen LogP contribution in [0, 0.1) is 6.92 Å². The summed E-state index contributed by atoms with van der Waals surface area (Å²) in [6, 6.07) is 5.88. The fourth-order valence-corrected chi connectivity index (χ4v) is 5.11. The zero-order chi connectivity index (χ0) is 21.5. The quantitative estimate of drug-likeness (QED) is 0.799. The largest absolute Gasteiger partial charge is 0.348 e. The highest BCUT2D eigenvalue weighted by atomic mass is 16.2. The van der Waals surface area contributed by atoms with Gasteiger partial charge in [0.25, 0.3) is 5.91 Å². The van der Waals surface area contributed by atoms with Crippen LogP contribution in [0.4, 0.5) is 0 Å². The molecule has 0 aliphatic carbocycles. The molecule has 5 rings (SSSR count). The van der Waals surface area contributed by atoms with Crippen molar-refractivity contribution in [2.24, 2.45) is 0 Å². The van der Waals surface area contributed by atoms with Crippen molar-refractivity contribution < 1.29 is 9.59 Å². The predicted octanol–water partition coefficient (Wildman–Crippen LogP) is 2.85. The molecule has 2 saturated heterocycles. The van der Waals surface area contributed by atoms with Crippen LogP contribution >= 0.6 is 0 Å². The Labute approximate surface area is 182 Å². The van der Waals surface area contributed by atoms with Crippen LogP contribution in [-0.4, -0.2) is 50.7 Å². The SMILES string of the molecule is C=C1CCC(N2Cc3cc(C4CCN(Cc5nc[nH]c5C)CC4)ccc3C2=O)C(=O)N1. The molecule has 7 nitrogen and oxygen atoms in total. The van der Waals surface area contributed by atoms with Crippen LogP contribution in [0.1, 0.15) is 64.5 Å². The molecule has 162 valence electrons. The van der Waals surface area contributed by atoms with Gasteiger partial charge in [0, 0.05) is 30.0 Å². The average Bonchev–Trinajstić information content (AvgIpc) is 3.31. The number of benzene rings is 1. The molecule has 0 radical (unpaired) electrons. The number of aromatic nitrogens is 2. The number of piperidine rings is 2. The summed E-state index contributed by atoms with van der Waals surface area (Å²) in [5.41, 5.74) is 6.12. The zero-order valence-corrected chi connectivity index (χ0v) is 18.0. The van der Waals surface area contributed by atoms with E-state index in [1.54, 1.807) is 11.2 Å². The minimum absolute atomic E-state index is 0.0293. The topological polar surface area (TPSA) is 81.3 Å². The molecule has 0 bridgehead atoms. The monoisotopic (exact) mass is 419 g/mol. The van der Waals surface area contributed by atoms with Gasteiger partial charge in [0.15, 0.2) is 0 Å². The highest BCUT2D eigenvalue weighted by Gasteiger charge is 2.38. The maximum Gasteiger partial charge on any atom is 0.255 e. The lowest BCUT2D eigenvalue weighted by atomic mass is 9.88. The second-order valence-corrected chi connectivity index (χ2v) is 9.02. The van der Waals surface area contributed by atoms with E-state index >= 15 is 0 Å². The van der Waals surface area contributed by atoms with Gasteiger partial charge in [-0.3, -0.25) is 14.5 Å². The number of amides is 2. The van der Waals surface area contributed by atoms with Gasteiger partial charge in [-0.2, -0.15) is 0 Å². The van der Waals surface area contributed by atoms with E-state index in [9.17, 15) is 9.59 Å². The van der Waals surface area contributed by atoms with E-state index in [0.29, 0.717) is 18.9 Å². The summed E-state index contributed by atoms with van der Waals surface area (Å²) in [5.74, 6) is 0.364. The van der Waals surface area contributed by atoms with E-state index in [0.717, 1.165) is 67.1 Å². The predicted molar refractivity (Wildman–Crippen MR) is 117 cm³/mol. The average molecular weight is 420 g/mol. The molecule has 2 amide bonds. The molecule has 1 unspecified atom stereocenters. The van der Waals surface area contributed by atoms with Gasteiger partial charge in [0.05, 0.1) is 12.0 Å². The minimum Gasteiger partial charge on any atom is -0.348 e. The first-order valence-corrected chi connectivity index (χ1v) is 11.1. The number of carbonyl (C=O) groups excluding carboxylic acids is 2. The number of aromatic amines is 1. The summed E-state index contributed by atoms with van der Waals surface area (Å²) in [5, 5.41) is 2.80. The number of imidazole rings is 1. The molecule has 0 spiro atoms. The van der Waals surface area contributed by atoms with Gasteiger partial charge in [-0.05, 0) is 68.8 Å². The molecule has 1 aromatic heterocycles. The van der Waals surface area contributed by atoms with Crippen molar-refractivity contribution in [1.82, 2.24) is 25.1 Å². The molecule has 2 fully saturated rings. The Kier molecular flexibility index (Phi) is 5.14. The Bertz CT molecular complexity index is 1030. The van der Waals surface area contributed by atoms with Crippen molar-refractivity contribution in [3.63, 3.8) is 0 Å². The molecule has 0 saturated carbocycles. The van der Waals surface area contributed by atoms with Crippen molar-refractivity contribution in [2.75, 3.05) is 13.1 Å². The van der Waals surface area contributed by atoms with E-state index in [-0.39, 0.29) is 11.8 Å². The van der Waals surface area contributed by atoms with Crippen molar-refractivity contribution in [3.8, 4) is 0 Å². The zero-order valence-electron chi connectivity index (χ0n) is 18.0. The first-order chi connectivity index (χ1) is 15.0. The lowest BCUT2D eigenvalue weighted by Crippen LogP contribution is -2.49. The van der Waals surface area contributed by atoms with Gasteiger partial charge < -0.3 is 15.2 Å². The minimum atomic E-state index is -0.400. The second kappa shape index (κ2) is 7.96. The summed E-state index contributed by atoms with van der Waals surface area (Å²) >= 11 is 0. The van der Waals surface area contributed by atoms with E-state index in [2.05, 4.69) is 45.8 Å².